The SMILES string of the molecule is Cc1nc(C(=O)NC(C)c2cccnc2)ccc1C(=O)O. The second-order valence-corrected chi connectivity index (χ2v) is 4.62. The fourth-order valence-corrected chi connectivity index (χ4v) is 1.90. The smallest absolute Gasteiger partial charge is 0.337 e. The van der Waals surface area contributed by atoms with Gasteiger partial charge in [-0.1, -0.05) is 6.07 Å². The van der Waals surface area contributed by atoms with Crippen LogP contribution in [0.25, 0.3) is 0 Å². The van der Waals surface area contributed by atoms with Crippen LogP contribution in [0.3, 0.4) is 0 Å². The number of hydrogen-bond acceptors (Lipinski definition) is 4. The molecule has 2 aromatic heterocycles. The Morgan fingerprint density at radius 3 is 2.62 bits per heavy atom. The van der Waals surface area contributed by atoms with E-state index in [2.05, 4.69) is 15.3 Å². The van der Waals surface area contributed by atoms with Crippen LogP contribution >= 0.6 is 0 Å². The number of nitrogens with zero attached hydrogens (tertiary/aromatic N) is 2. The molecule has 0 saturated heterocycles. The number of hydrogen-bond donors (Lipinski definition) is 2. The molecule has 2 aromatic rings. The maximum atomic E-state index is 12.1. The molecule has 0 saturated carbocycles. The van der Waals surface area contributed by atoms with Crippen molar-refractivity contribution in [2.45, 2.75) is 19.9 Å². The zero-order chi connectivity index (χ0) is 15.4. The molecule has 0 spiro atoms. The molecule has 0 aromatic carbocycles. The third-order valence-corrected chi connectivity index (χ3v) is 3.08. The van der Waals surface area contributed by atoms with Gasteiger partial charge in [0.15, 0.2) is 0 Å². The standard InChI is InChI=1S/C15H15N3O3/c1-9(11-4-3-7-16-8-11)18-14(19)13-6-5-12(15(20)21)10(2)17-13/h3-9H,1-2H3,(H,18,19)(H,20,21). The maximum Gasteiger partial charge on any atom is 0.337 e. The molecule has 0 aliphatic rings. The van der Waals surface area contributed by atoms with Crippen molar-refractivity contribution in [3.05, 3.63) is 59.2 Å². The zero-order valence-corrected chi connectivity index (χ0v) is 11.7. The third kappa shape index (κ3) is 3.42. The van der Waals surface area contributed by atoms with Crippen molar-refractivity contribution in [3.8, 4) is 0 Å². The highest BCUT2D eigenvalue weighted by molar-refractivity contribution is 5.94. The fraction of sp³-hybridized carbons (Fsp3) is 0.200. The lowest BCUT2D eigenvalue weighted by Crippen LogP contribution is -2.27. The Kier molecular flexibility index (Phi) is 4.27. The van der Waals surface area contributed by atoms with E-state index in [1.54, 1.807) is 25.4 Å². The minimum Gasteiger partial charge on any atom is -0.478 e. The van der Waals surface area contributed by atoms with Gasteiger partial charge in [-0.15, -0.1) is 0 Å². The van der Waals surface area contributed by atoms with Gasteiger partial charge in [-0.3, -0.25) is 9.78 Å². The molecule has 2 heterocycles. The van der Waals surface area contributed by atoms with E-state index in [1.807, 2.05) is 13.0 Å². The van der Waals surface area contributed by atoms with Crippen molar-refractivity contribution in [2.24, 2.45) is 0 Å². The Labute approximate surface area is 121 Å². The van der Waals surface area contributed by atoms with Gasteiger partial charge in [-0.05, 0) is 37.6 Å². The van der Waals surface area contributed by atoms with Crippen LogP contribution in [0.2, 0.25) is 0 Å². The molecule has 2 rings (SSSR count). The molecule has 1 unspecified atom stereocenters. The van der Waals surface area contributed by atoms with E-state index in [9.17, 15) is 9.59 Å². The third-order valence-electron chi connectivity index (χ3n) is 3.08. The van der Waals surface area contributed by atoms with Gasteiger partial charge < -0.3 is 10.4 Å². The number of pyridine rings is 2. The first-order valence-electron chi connectivity index (χ1n) is 6.40. The quantitative estimate of drug-likeness (QED) is 0.896. The van der Waals surface area contributed by atoms with E-state index in [4.69, 9.17) is 5.11 Å². The monoisotopic (exact) mass is 285 g/mol. The molecular formula is C15H15N3O3. The molecule has 1 amide bonds. The number of nitrogens with one attached hydrogen (secondary N) is 1. The van der Waals surface area contributed by atoms with Crippen molar-refractivity contribution in [1.29, 1.82) is 0 Å². The highest BCUT2D eigenvalue weighted by Gasteiger charge is 2.15. The number of carboxylic acid groups (broad SMARTS) is 1. The second kappa shape index (κ2) is 6.13. The summed E-state index contributed by atoms with van der Waals surface area (Å²) in [5.41, 5.74) is 1.47. The predicted octanol–water partition coefficient (Wildman–Crippen LogP) is 1.97. The summed E-state index contributed by atoms with van der Waals surface area (Å²) < 4.78 is 0. The largest absolute Gasteiger partial charge is 0.478 e. The summed E-state index contributed by atoms with van der Waals surface area (Å²) in [7, 11) is 0. The first kappa shape index (κ1) is 14.6. The summed E-state index contributed by atoms with van der Waals surface area (Å²) in [6.07, 6.45) is 3.34. The van der Waals surface area contributed by atoms with Crippen molar-refractivity contribution in [1.82, 2.24) is 15.3 Å². The Morgan fingerprint density at radius 1 is 1.29 bits per heavy atom. The fourth-order valence-electron chi connectivity index (χ4n) is 1.90. The normalized spacial score (nSPS) is 11.7. The van der Waals surface area contributed by atoms with Gasteiger partial charge in [0.05, 0.1) is 17.3 Å². The van der Waals surface area contributed by atoms with Crippen LogP contribution in [-0.2, 0) is 0 Å². The molecule has 0 aliphatic heterocycles. The van der Waals surface area contributed by atoms with E-state index in [-0.39, 0.29) is 23.2 Å². The van der Waals surface area contributed by atoms with Gasteiger partial charge in [-0.25, -0.2) is 9.78 Å². The van der Waals surface area contributed by atoms with Crippen LogP contribution in [0.1, 0.15) is 45.1 Å². The molecule has 2 N–H and O–H groups in total. The molecule has 0 bridgehead atoms. The van der Waals surface area contributed by atoms with Crippen LogP contribution in [0, 0.1) is 6.92 Å². The van der Waals surface area contributed by atoms with Crippen LogP contribution in [0.4, 0.5) is 0 Å². The van der Waals surface area contributed by atoms with E-state index in [1.165, 1.54) is 12.1 Å². The topological polar surface area (TPSA) is 92.2 Å². The van der Waals surface area contributed by atoms with Gasteiger partial charge >= 0.3 is 5.97 Å². The molecule has 0 aliphatic carbocycles. The van der Waals surface area contributed by atoms with E-state index in [0.717, 1.165) is 5.56 Å². The summed E-state index contributed by atoms with van der Waals surface area (Å²) in [4.78, 5) is 31.1. The van der Waals surface area contributed by atoms with E-state index in [0.29, 0.717) is 5.69 Å². The number of aromatic nitrogens is 2. The number of carboxylic acids is 1. The lowest BCUT2D eigenvalue weighted by molar-refractivity contribution is 0.0694. The lowest BCUT2D eigenvalue weighted by Gasteiger charge is -2.13. The van der Waals surface area contributed by atoms with Gasteiger partial charge in [-0.2, -0.15) is 0 Å². The Balaban J connectivity index is 2.14. The van der Waals surface area contributed by atoms with Gasteiger partial charge in [0.25, 0.3) is 5.91 Å². The minimum absolute atomic E-state index is 0.0897. The lowest BCUT2D eigenvalue weighted by atomic mass is 10.1. The van der Waals surface area contributed by atoms with E-state index >= 15 is 0 Å². The van der Waals surface area contributed by atoms with Gasteiger partial charge in [0, 0.05) is 12.4 Å². The van der Waals surface area contributed by atoms with Gasteiger partial charge in [0.1, 0.15) is 5.69 Å². The summed E-state index contributed by atoms with van der Waals surface area (Å²) >= 11 is 0. The molecule has 1 atom stereocenters. The number of aryl methyl sites for hydroxylation is 1. The number of aromatic carboxylic acids is 1. The van der Waals surface area contributed by atoms with Gasteiger partial charge in [0.2, 0.25) is 0 Å². The minimum atomic E-state index is -1.06. The predicted molar refractivity (Wildman–Crippen MR) is 76.1 cm³/mol. The van der Waals surface area contributed by atoms with Crippen molar-refractivity contribution >= 4 is 11.9 Å². The van der Waals surface area contributed by atoms with Crippen molar-refractivity contribution in [2.75, 3.05) is 0 Å². The zero-order valence-electron chi connectivity index (χ0n) is 11.7. The highest BCUT2D eigenvalue weighted by Crippen LogP contribution is 2.12. The number of carbonyl (C=O) groups excluding carboxylic acids is 1. The van der Waals surface area contributed by atoms with E-state index < -0.39 is 5.97 Å². The molecular weight excluding hydrogens is 270 g/mol. The molecule has 21 heavy (non-hydrogen) atoms. The molecule has 0 radical (unpaired) electrons. The first-order valence-corrected chi connectivity index (χ1v) is 6.40. The van der Waals surface area contributed by atoms with Crippen LogP contribution in [0.5, 0.6) is 0 Å². The van der Waals surface area contributed by atoms with Crippen LogP contribution in [0.15, 0.2) is 36.7 Å². The number of amides is 1. The summed E-state index contributed by atoms with van der Waals surface area (Å²) in [5, 5.41) is 11.7. The summed E-state index contributed by atoms with van der Waals surface area (Å²) in [5.74, 6) is -1.41. The summed E-state index contributed by atoms with van der Waals surface area (Å²) in [6.45, 7) is 3.40. The summed E-state index contributed by atoms with van der Waals surface area (Å²) in [6, 6.07) is 6.23. The molecule has 0 fully saturated rings. The molecule has 108 valence electrons. The molecule has 6 nitrogen and oxygen atoms in total. The highest BCUT2D eigenvalue weighted by atomic mass is 16.4. The first-order chi connectivity index (χ1) is 9.99. The average molecular weight is 285 g/mol. The maximum absolute atomic E-state index is 12.1. The second-order valence-electron chi connectivity index (χ2n) is 4.62. The number of rotatable bonds is 4. The Morgan fingerprint density at radius 2 is 2.05 bits per heavy atom. The molecule has 6 heteroatoms. The Hall–Kier alpha value is -2.76. The van der Waals surface area contributed by atoms with Crippen LogP contribution in [-0.4, -0.2) is 27.0 Å². The Bertz CT molecular complexity index is 671. The van der Waals surface area contributed by atoms with Crippen molar-refractivity contribution in [3.63, 3.8) is 0 Å². The van der Waals surface area contributed by atoms with Crippen LogP contribution < -0.4 is 5.32 Å². The van der Waals surface area contributed by atoms with Crippen molar-refractivity contribution < 1.29 is 14.7 Å². The average Bonchev–Trinajstić information content (AvgIpc) is 2.47. The number of carbonyl (C=O) groups is 2.